The second kappa shape index (κ2) is 3.56. The van der Waals surface area contributed by atoms with Gasteiger partial charge in [0.1, 0.15) is 5.78 Å². The molecule has 0 amide bonds. The predicted octanol–water partition coefficient (Wildman–Crippen LogP) is 2.17. The van der Waals surface area contributed by atoms with Crippen LogP contribution in [-0.2, 0) is 9.53 Å². The lowest BCUT2D eigenvalue weighted by molar-refractivity contribution is -0.118. The monoisotopic (exact) mass is 170 g/mol. The zero-order chi connectivity index (χ0) is 9.19. The highest BCUT2D eigenvalue weighted by atomic mass is 16.5. The van der Waals surface area contributed by atoms with Crippen LogP contribution in [0.2, 0.25) is 0 Å². The van der Waals surface area contributed by atoms with E-state index in [0.29, 0.717) is 11.7 Å². The van der Waals surface area contributed by atoms with E-state index in [0.717, 1.165) is 25.9 Å². The molecule has 1 aliphatic rings. The van der Waals surface area contributed by atoms with Crippen molar-refractivity contribution in [3.05, 3.63) is 0 Å². The molecule has 0 aromatic rings. The standard InChI is InChI=1S/C10H18O2/c1-10(2,3)12-7-8-4-5-9(11)6-8/h8H,4-7H2,1-3H3/t8-/m1/s1. The summed E-state index contributed by atoms with van der Waals surface area (Å²) in [5.74, 6) is 0.884. The minimum atomic E-state index is -0.0639. The average Bonchev–Trinajstić information content (AvgIpc) is 2.30. The van der Waals surface area contributed by atoms with Crippen LogP contribution in [0, 0.1) is 5.92 Å². The van der Waals surface area contributed by atoms with Gasteiger partial charge in [-0.2, -0.15) is 0 Å². The Bertz CT molecular complexity index is 167. The molecule has 0 radical (unpaired) electrons. The van der Waals surface area contributed by atoms with Gasteiger partial charge >= 0.3 is 0 Å². The van der Waals surface area contributed by atoms with E-state index < -0.39 is 0 Å². The first-order valence-electron chi connectivity index (χ1n) is 4.63. The first kappa shape index (κ1) is 9.72. The Morgan fingerprint density at radius 1 is 1.50 bits per heavy atom. The van der Waals surface area contributed by atoms with Gasteiger partial charge in [-0.3, -0.25) is 4.79 Å². The molecule has 0 heterocycles. The Hall–Kier alpha value is -0.370. The molecule has 0 N–H and O–H groups in total. The lowest BCUT2D eigenvalue weighted by atomic mass is 10.1. The third-order valence-electron chi connectivity index (χ3n) is 2.10. The summed E-state index contributed by atoms with van der Waals surface area (Å²) in [4.78, 5) is 10.9. The Labute approximate surface area is 74.3 Å². The Morgan fingerprint density at radius 2 is 2.17 bits per heavy atom. The molecular weight excluding hydrogens is 152 g/mol. The number of ketones is 1. The van der Waals surface area contributed by atoms with E-state index in [1.807, 2.05) is 20.8 Å². The molecule has 1 saturated carbocycles. The molecule has 0 bridgehead atoms. The smallest absolute Gasteiger partial charge is 0.133 e. The van der Waals surface area contributed by atoms with Crippen LogP contribution in [0.5, 0.6) is 0 Å². The molecular formula is C10H18O2. The quantitative estimate of drug-likeness (QED) is 0.635. The van der Waals surface area contributed by atoms with E-state index in [-0.39, 0.29) is 5.60 Å². The van der Waals surface area contributed by atoms with Crippen LogP contribution >= 0.6 is 0 Å². The van der Waals surface area contributed by atoms with E-state index >= 15 is 0 Å². The number of rotatable bonds is 2. The van der Waals surface area contributed by atoms with Crippen molar-refractivity contribution in [1.29, 1.82) is 0 Å². The molecule has 0 aromatic carbocycles. The summed E-state index contributed by atoms with van der Waals surface area (Å²) < 4.78 is 5.61. The van der Waals surface area contributed by atoms with Crippen LogP contribution in [0.1, 0.15) is 40.0 Å². The maximum Gasteiger partial charge on any atom is 0.133 e. The predicted molar refractivity (Wildman–Crippen MR) is 48.1 cm³/mol. The molecule has 1 aliphatic carbocycles. The second-order valence-electron chi connectivity index (χ2n) is 4.57. The maximum atomic E-state index is 10.9. The van der Waals surface area contributed by atoms with Gasteiger partial charge in [0.2, 0.25) is 0 Å². The Kier molecular flexibility index (Phi) is 2.89. The molecule has 0 saturated heterocycles. The van der Waals surface area contributed by atoms with E-state index in [1.54, 1.807) is 0 Å². The van der Waals surface area contributed by atoms with Crippen LogP contribution in [0.4, 0.5) is 0 Å². The first-order chi connectivity index (χ1) is 5.47. The van der Waals surface area contributed by atoms with Gasteiger partial charge in [-0.25, -0.2) is 0 Å². The normalized spacial score (nSPS) is 24.9. The van der Waals surface area contributed by atoms with Crippen LogP contribution in [0.3, 0.4) is 0 Å². The summed E-state index contributed by atoms with van der Waals surface area (Å²) >= 11 is 0. The van der Waals surface area contributed by atoms with Gasteiger partial charge in [0, 0.05) is 12.8 Å². The summed E-state index contributed by atoms with van der Waals surface area (Å²) in [6.07, 6.45) is 2.52. The van der Waals surface area contributed by atoms with E-state index in [4.69, 9.17) is 4.74 Å². The number of hydrogen-bond acceptors (Lipinski definition) is 2. The van der Waals surface area contributed by atoms with Gasteiger partial charge in [0.15, 0.2) is 0 Å². The fourth-order valence-electron chi connectivity index (χ4n) is 1.40. The average molecular weight is 170 g/mol. The lowest BCUT2D eigenvalue weighted by Gasteiger charge is -2.21. The number of hydrogen-bond donors (Lipinski definition) is 0. The fourth-order valence-corrected chi connectivity index (χ4v) is 1.40. The molecule has 1 fully saturated rings. The molecule has 1 rings (SSSR count). The highest BCUT2D eigenvalue weighted by Gasteiger charge is 2.23. The summed E-state index contributed by atoms with van der Waals surface area (Å²) in [7, 11) is 0. The number of Topliss-reactive ketones (excluding diaryl/α,β-unsaturated/α-hetero) is 1. The third-order valence-corrected chi connectivity index (χ3v) is 2.10. The summed E-state index contributed by atoms with van der Waals surface area (Å²) in [5, 5.41) is 0. The zero-order valence-electron chi connectivity index (χ0n) is 8.22. The molecule has 2 nitrogen and oxygen atoms in total. The van der Waals surface area contributed by atoms with Gasteiger partial charge in [-0.05, 0) is 33.1 Å². The minimum absolute atomic E-state index is 0.0639. The number of carbonyl (C=O) groups is 1. The van der Waals surface area contributed by atoms with E-state index in [1.165, 1.54) is 0 Å². The highest BCUT2D eigenvalue weighted by molar-refractivity contribution is 5.80. The van der Waals surface area contributed by atoms with Crippen LogP contribution in [-0.4, -0.2) is 18.0 Å². The molecule has 1 atom stereocenters. The summed E-state index contributed by atoms with van der Waals surface area (Å²) in [6.45, 7) is 6.88. The van der Waals surface area contributed by atoms with Crippen LogP contribution in [0.25, 0.3) is 0 Å². The van der Waals surface area contributed by atoms with E-state index in [2.05, 4.69) is 0 Å². The van der Waals surface area contributed by atoms with Crippen molar-refractivity contribution in [2.24, 2.45) is 5.92 Å². The van der Waals surface area contributed by atoms with Crippen molar-refractivity contribution in [3.8, 4) is 0 Å². The number of ether oxygens (including phenoxy) is 1. The van der Waals surface area contributed by atoms with Crippen molar-refractivity contribution in [2.75, 3.05) is 6.61 Å². The lowest BCUT2D eigenvalue weighted by Crippen LogP contribution is -2.22. The number of carbonyl (C=O) groups excluding carboxylic acids is 1. The maximum absolute atomic E-state index is 10.9. The second-order valence-corrected chi connectivity index (χ2v) is 4.57. The van der Waals surface area contributed by atoms with E-state index in [9.17, 15) is 4.79 Å². The third kappa shape index (κ3) is 3.35. The first-order valence-corrected chi connectivity index (χ1v) is 4.63. The summed E-state index contributed by atoms with van der Waals surface area (Å²) in [5.41, 5.74) is -0.0639. The Morgan fingerprint density at radius 3 is 2.58 bits per heavy atom. The van der Waals surface area contributed by atoms with Crippen molar-refractivity contribution >= 4 is 5.78 Å². The summed E-state index contributed by atoms with van der Waals surface area (Å²) in [6, 6.07) is 0. The zero-order valence-corrected chi connectivity index (χ0v) is 8.22. The van der Waals surface area contributed by atoms with Crippen LogP contribution < -0.4 is 0 Å². The SMILES string of the molecule is CC(C)(C)OC[C@@H]1CCC(=O)C1. The minimum Gasteiger partial charge on any atom is -0.376 e. The van der Waals surface area contributed by atoms with Crippen molar-refractivity contribution in [1.82, 2.24) is 0 Å². The van der Waals surface area contributed by atoms with Gasteiger partial charge < -0.3 is 4.74 Å². The molecule has 0 unspecified atom stereocenters. The van der Waals surface area contributed by atoms with Crippen molar-refractivity contribution in [3.63, 3.8) is 0 Å². The molecule has 2 heteroatoms. The Balaban J connectivity index is 2.20. The van der Waals surface area contributed by atoms with Crippen molar-refractivity contribution in [2.45, 2.75) is 45.6 Å². The molecule has 70 valence electrons. The largest absolute Gasteiger partial charge is 0.376 e. The highest BCUT2D eigenvalue weighted by Crippen LogP contribution is 2.23. The van der Waals surface area contributed by atoms with Gasteiger partial charge in [0.25, 0.3) is 0 Å². The fraction of sp³-hybridized carbons (Fsp3) is 0.900. The van der Waals surface area contributed by atoms with Crippen LogP contribution in [0.15, 0.2) is 0 Å². The van der Waals surface area contributed by atoms with Gasteiger partial charge in [-0.1, -0.05) is 0 Å². The molecule has 0 aromatic heterocycles. The molecule has 0 spiro atoms. The molecule has 0 aliphatic heterocycles. The van der Waals surface area contributed by atoms with Gasteiger partial charge in [-0.15, -0.1) is 0 Å². The van der Waals surface area contributed by atoms with Crippen molar-refractivity contribution < 1.29 is 9.53 Å². The molecule has 12 heavy (non-hydrogen) atoms. The van der Waals surface area contributed by atoms with Gasteiger partial charge in [0.05, 0.1) is 12.2 Å². The topological polar surface area (TPSA) is 26.3 Å².